The van der Waals surface area contributed by atoms with Crippen molar-refractivity contribution in [3.8, 4) is 0 Å². The summed E-state index contributed by atoms with van der Waals surface area (Å²) in [5.74, 6) is 0. The van der Waals surface area contributed by atoms with E-state index in [4.69, 9.17) is 0 Å². The predicted molar refractivity (Wildman–Crippen MR) is 106 cm³/mol. The van der Waals surface area contributed by atoms with Crippen LogP contribution in [0.1, 0.15) is 5.56 Å². The van der Waals surface area contributed by atoms with Crippen LogP contribution < -0.4 is 4.90 Å². The second-order valence-electron chi connectivity index (χ2n) is 5.82. The van der Waals surface area contributed by atoms with E-state index >= 15 is 0 Å². The Bertz CT molecular complexity index is 1000. The first kappa shape index (κ1) is 14.7. The zero-order valence-electron chi connectivity index (χ0n) is 13.0. The van der Waals surface area contributed by atoms with Gasteiger partial charge in [0.2, 0.25) is 0 Å². The number of hydrogen-bond donors (Lipinski definition) is 0. The number of aryl methyl sites for hydroxylation is 1. The van der Waals surface area contributed by atoms with Gasteiger partial charge in [-0.2, -0.15) is 0 Å². The van der Waals surface area contributed by atoms with Crippen molar-refractivity contribution in [2.24, 2.45) is 0 Å². The SMILES string of the molecule is Cc1ccc2sc3ccc(N(C)c4ccc(Br)cc4)cc3c2c1. The molecule has 3 aromatic carbocycles. The summed E-state index contributed by atoms with van der Waals surface area (Å²) in [6, 6.07) is 21.9. The van der Waals surface area contributed by atoms with Gasteiger partial charge in [0.25, 0.3) is 0 Å². The fourth-order valence-electron chi connectivity index (χ4n) is 2.90. The molecular weight excluding hydrogens is 366 g/mol. The number of benzene rings is 3. The maximum absolute atomic E-state index is 3.49. The minimum Gasteiger partial charge on any atom is -0.345 e. The summed E-state index contributed by atoms with van der Waals surface area (Å²) in [6.45, 7) is 2.15. The molecule has 0 radical (unpaired) electrons. The van der Waals surface area contributed by atoms with Gasteiger partial charge in [0.15, 0.2) is 0 Å². The molecule has 114 valence electrons. The maximum Gasteiger partial charge on any atom is 0.0415 e. The van der Waals surface area contributed by atoms with Gasteiger partial charge in [0, 0.05) is 43.1 Å². The molecule has 0 unspecified atom stereocenters. The van der Waals surface area contributed by atoms with Gasteiger partial charge in [-0.3, -0.25) is 0 Å². The fraction of sp³-hybridized carbons (Fsp3) is 0.100. The Kier molecular flexibility index (Phi) is 3.63. The molecule has 23 heavy (non-hydrogen) atoms. The van der Waals surface area contributed by atoms with Crippen molar-refractivity contribution in [3.05, 3.63) is 70.7 Å². The molecule has 3 heteroatoms. The van der Waals surface area contributed by atoms with Crippen LogP contribution in [0.15, 0.2) is 65.1 Å². The zero-order chi connectivity index (χ0) is 16.0. The highest BCUT2D eigenvalue weighted by Crippen LogP contribution is 2.37. The van der Waals surface area contributed by atoms with Crippen molar-refractivity contribution in [2.75, 3.05) is 11.9 Å². The second-order valence-corrected chi connectivity index (χ2v) is 7.82. The highest BCUT2D eigenvalue weighted by atomic mass is 79.9. The predicted octanol–water partition coefficient (Wildman–Crippen LogP) is 6.89. The van der Waals surface area contributed by atoms with E-state index in [9.17, 15) is 0 Å². The molecule has 0 saturated heterocycles. The van der Waals surface area contributed by atoms with Crippen molar-refractivity contribution >= 4 is 58.8 Å². The van der Waals surface area contributed by atoms with Crippen molar-refractivity contribution < 1.29 is 0 Å². The first-order valence-electron chi connectivity index (χ1n) is 7.54. The van der Waals surface area contributed by atoms with E-state index in [1.807, 2.05) is 11.3 Å². The number of anilines is 2. The molecule has 4 rings (SSSR count). The van der Waals surface area contributed by atoms with Gasteiger partial charge >= 0.3 is 0 Å². The Morgan fingerprint density at radius 2 is 1.39 bits per heavy atom. The Morgan fingerprint density at radius 3 is 2.13 bits per heavy atom. The molecule has 1 aromatic heterocycles. The van der Waals surface area contributed by atoms with Gasteiger partial charge < -0.3 is 4.90 Å². The highest BCUT2D eigenvalue weighted by Gasteiger charge is 2.09. The highest BCUT2D eigenvalue weighted by molar-refractivity contribution is 9.10. The third kappa shape index (κ3) is 2.64. The zero-order valence-corrected chi connectivity index (χ0v) is 15.4. The summed E-state index contributed by atoms with van der Waals surface area (Å²) in [6.07, 6.45) is 0. The summed E-state index contributed by atoms with van der Waals surface area (Å²) in [7, 11) is 2.12. The van der Waals surface area contributed by atoms with Crippen LogP contribution in [-0.4, -0.2) is 7.05 Å². The number of hydrogen-bond acceptors (Lipinski definition) is 2. The van der Waals surface area contributed by atoms with Gasteiger partial charge in [-0.25, -0.2) is 0 Å². The van der Waals surface area contributed by atoms with Crippen LogP contribution in [0.2, 0.25) is 0 Å². The third-order valence-electron chi connectivity index (χ3n) is 4.21. The Balaban J connectivity index is 1.85. The van der Waals surface area contributed by atoms with E-state index < -0.39 is 0 Å². The van der Waals surface area contributed by atoms with Gasteiger partial charge in [-0.1, -0.05) is 27.6 Å². The molecule has 0 aliphatic rings. The van der Waals surface area contributed by atoms with Crippen LogP contribution in [0.3, 0.4) is 0 Å². The normalized spacial score (nSPS) is 11.3. The quantitative estimate of drug-likeness (QED) is 0.365. The van der Waals surface area contributed by atoms with Gasteiger partial charge in [-0.15, -0.1) is 11.3 Å². The number of rotatable bonds is 2. The largest absolute Gasteiger partial charge is 0.345 e. The Morgan fingerprint density at radius 1 is 0.783 bits per heavy atom. The number of halogens is 1. The van der Waals surface area contributed by atoms with Gasteiger partial charge in [-0.05, 0) is 61.5 Å². The molecular formula is C20H16BrNS. The van der Waals surface area contributed by atoms with Crippen molar-refractivity contribution in [3.63, 3.8) is 0 Å². The summed E-state index contributed by atoms with van der Waals surface area (Å²) >= 11 is 5.36. The first-order valence-corrected chi connectivity index (χ1v) is 9.15. The minimum absolute atomic E-state index is 1.10. The van der Waals surface area contributed by atoms with Crippen molar-refractivity contribution in [2.45, 2.75) is 6.92 Å². The molecule has 0 saturated carbocycles. The van der Waals surface area contributed by atoms with E-state index in [-0.39, 0.29) is 0 Å². The molecule has 0 aliphatic carbocycles. The third-order valence-corrected chi connectivity index (χ3v) is 5.89. The van der Waals surface area contributed by atoms with E-state index in [2.05, 4.69) is 95.5 Å². The Labute approximate surface area is 148 Å². The van der Waals surface area contributed by atoms with Crippen LogP contribution in [0.25, 0.3) is 20.2 Å². The molecule has 0 bridgehead atoms. The number of nitrogens with zero attached hydrogens (tertiary/aromatic N) is 1. The summed E-state index contributed by atoms with van der Waals surface area (Å²) in [4.78, 5) is 2.23. The molecule has 0 spiro atoms. The van der Waals surface area contributed by atoms with Crippen molar-refractivity contribution in [1.82, 2.24) is 0 Å². The average Bonchev–Trinajstić information content (AvgIpc) is 2.92. The van der Waals surface area contributed by atoms with Crippen LogP contribution in [-0.2, 0) is 0 Å². The second kappa shape index (κ2) is 5.66. The van der Waals surface area contributed by atoms with Gasteiger partial charge in [0.1, 0.15) is 0 Å². The van der Waals surface area contributed by atoms with Crippen molar-refractivity contribution in [1.29, 1.82) is 0 Å². The molecule has 1 heterocycles. The van der Waals surface area contributed by atoms with Crippen LogP contribution in [0.4, 0.5) is 11.4 Å². The summed E-state index contributed by atoms with van der Waals surface area (Å²) in [5, 5.41) is 2.70. The maximum atomic E-state index is 3.49. The number of fused-ring (bicyclic) bond motifs is 3. The molecule has 1 nitrogen and oxygen atoms in total. The minimum atomic E-state index is 1.10. The molecule has 0 N–H and O–H groups in total. The van der Waals surface area contributed by atoms with E-state index in [0.717, 1.165) is 4.47 Å². The monoisotopic (exact) mass is 381 g/mol. The lowest BCUT2D eigenvalue weighted by Crippen LogP contribution is -2.08. The molecule has 0 fully saturated rings. The first-order chi connectivity index (χ1) is 11.1. The lowest BCUT2D eigenvalue weighted by atomic mass is 10.1. The van der Waals surface area contributed by atoms with Crippen LogP contribution in [0, 0.1) is 6.92 Å². The summed E-state index contributed by atoms with van der Waals surface area (Å²) in [5.41, 5.74) is 3.70. The molecule has 0 aliphatic heterocycles. The number of thiophene rings is 1. The summed E-state index contributed by atoms with van der Waals surface area (Å²) < 4.78 is 3.80. The average molecular weight is 382 g/mol. The fourth-order valence-corrected chi connectivity index (χ4v) is 4.23. The van der Waals surface area contributed by atoms with E-state index in [0.29, 0.717) is 0 Å². The Hall–Kier alpha value is -1.84. The van der Waals surface area contributed by atoms with E-state index in [1.165, 1.54) is 37.1 Å². The standard InChI is InChI=1S/C20H16BrNS/c1-13-3-9-19-17(11-13)18-12-16(8-10-20(18)23-19)22(2)15-6-4-14(21)5-7-15/h3-12H,1-2H3. The smallest absolute Gasteiger partial charge is 0.0415 e. The van der Waals surface area contributed by atoms with Crippen LogP contribution >= 0.6 is 27.3 Å². The molecule has 0 amide bonds. The molecule has 4 aromatic rings. The van der Waals surface area contributed by atoms with Gasteiger partial charge in [0.05, 0.1) is 0 Å². The topological polar surface area (TPSA) is 3.24 Å². The lowest BCUT2D eigenvalue weighted by molar-refractivity contribution is 1.21. The lowest BCUT2D eigenvalue weighted by Gasteiger charge is -2.19. The van der Waals surface area contributed by atoms with E-state index in [1.54, 1.807) is 0 Å². The molecule has 0 atom stereocenters. The van der Waals surface area contributed by atoms with Crippen LogP contribution in [0.5, 0.6) is 0 Å².